The summed E-state index contributed by atoms with van der Waals surface area (Å²) < 4.78 is 38.9. The fraction of sp³-hybridized carbons (Fsp3) is 0.429. The fourth-order valence-corrected chi connectivity index (χ4v) is 4.68. The molecule has 1 fully saturated rings. The van der Waals surface area contributed by atoms with E-state index in [1.54, 1.807) is 12.1 Å². The zero-order valence-corrected chi connectivity index (χ0v) is 17.3. The van der Waals surface area contributed by atoms with Crippen LogP contribution in [-0.2, 0) is 23.1 Å². The van der Waals surface area contributed by atoms with Gasteiger partial charge in [0.2, 0.25) is 10.0 Å². The highest BCUT2D eigenvalue weighted by Gasteiger charge is 2.21. The number of nitrogens with one attached hydrogen (secondary N) is 1. The molecule has 0 radical (unpaired) electrons. The summed E-state index contributed by atoms with van der Waals surface area (Å²) in [6.45, 7) is 3.27. The third kappa shape index (κ3) is 5.04. The number of sulfonamides is 1. The van der Waals surface area contributed by atoms with Crippen LogP contribution in [0.25, 0.3) is 0 Å². The topological polar surface area (TPSA) is 67.9 Å². The molecule has 0 aliphatic carbocycles. The first-order valence-corrected chi connectivity index (χ1v) is 11.0. The van der Waals surface area contributed by atoms with E-state index in [9.17, 15) is 8.42 Å². The van der Waals surface area contributed by atoms with Crippen LogP contribution in [0.1, 0.15) is 30.4 Å². The highest BCUT2D eigenvalue weighted by Crippen LogP contribution is 2.28. The molecule has 1 aliphatic rings. The third-order valence-electron chi connectivity index (χ3n) is 5.07. The summed E-state index contributed by atoms with van der Waals surface area (Å²) >= 11 is 0. The Morgan fingerprint density at radius 1 is 0.964 bits per heavy atom. The summed E-state index contributed by atoms with van der Waals surface area (Å²) in [7, 11) is -0.797. The highest BCUT2D eigenvalue weighted by atomic mass is 32.2. The van der Waals surface area contributed by atoms with Crippen molar-refractivity contribution in [1.29, 1.82) is 0 Å². The molecule has 28 heavy (non-hydrogen) atoms. The summed E-state index contributed by atoms with van der Waals surface area (Å²) in [5.41, 5.74) is 2.14. The van der Waals surface area contributed by atoms with Gasteiger partial charge in [-0.2, -0.15) is 0 Å². The van der Waals surface area contributed by atoms with Crippen molar-refractivity contribution < 1.29 is 17.9 Å². The zero-order chi connectivity index (χ0) is 20.0. The Balaban J connectivity index is 1.76. The van der Waals surface area contributed by atoms with Crippen molar-refractivity contribution >= 4 is 10.0 Å². The van der Waals surface area contributed by atoms with E-state index in [2.05, 4.69) is 15.7 Å². The maximum Gasteiger partial charge on any atom is 0.244 e. The number of hydrogen-bond donors (Lipinski definition) is 1. The van der Waals surface area contributed by atoms with Gasteiger partial charge in [-0.25, -0.2) is 13.1 Å². The minimum atomic E-state index is -3.75. The Bertz CT molecular complexity index is 893. The van der Waals surface area contributed by atoms with Crippen LogP contribution in [0.15, 0.2) is 47.4 Å². The first-order valence-electron chi connectivity index (χ1n) is 9.54. The van der Waals surface area contributed by atoms with Gasteiger partial charge in [0.25, 0.3) is 0 Å². The smallest absolute Gasteiger partial charge is 0.244 e. The van der Waals surface area contributed by atoms with Crippen LogP contribution in [0, 0.1) is 0 Å². The molecule has 0 saturated carbocycles. The molecule has 2 aromatic carbocycles. The number of piperidine rings is 1. The molecule has 0 spiro atoms. The van der Waals surface area contributed by atoms with E-state index in [0.717, 1.165) is 30.8 Å². The van der Waals surface area contributed by atoms with Gasteiger partial charge >= 0.3 is 0 Å². The van der Waals surface area contributed by atoms with Crippen molar-refractivity contribution in [3.05, 3.63) is 53.6 Å². The van der Waals surface area contributed by atoms with Crippen molar-refractivity contribution in [3.63, 3.8) is 0 Å². The lowest BCUT2D eigenvalue weighted by molar-refractivity contribution is 0.220. The maximum absolute atomic E-state index is 12.9. The van der Waals surface area contributed by atoms with Gasteiger partial charge in [-0.15, -0.1) is 0 Å². The van der Waals surface area contributed by atoms with E-state index in [4.69, 9.17) is 9.47 Å². The third-order valence-corrected chi connectivity index (χ3v) is 6.50. The molecule has 0 unspecified atom stereocenters. The van der Waals surface area contributed by atoms with Gasteiger partial charge in [0.15, 0.2) is 0 Å². The van der Waals surface area contributed by atoms with E-state index in [0.29, 0.717) is 5.75 Å². The first-order chi connectivity index (χ1) is 13.5. The van der Waals surface area contributed by atoms with Crippen molar-refractivity contribution in [1.82, 2.24) is 9.62 Å². The van der Waals surface area contributed by atoms with Gasteiger partial charge in [-0.3, -0.25) is 4.90 Å². The normalized spacial score (nSPS) is 15.4. The van der Waals surface area contributed by atoms with Crippen molar-refractivity contribution in [3.8, 4) is 11.5 Å². The molecule has 1 saturated heterocycles. The lowest BCUT2D eigenvalue weighted by atomic mass is 10.1. The molecule has 0 atom stereocenters. The second-order valence-electron chi connectivity index (χ2n) is 6.95. The van der Waals surface area contributed by atoms with Crippen LogP contribution in [0.4, 0.5) is 0 Å². The molecular weight excluding hydrogens is 376 g/mol. The molecule has 3 rings (SSSR count). The summed E-state index contributed by atoms with van der Waals surface area (Å²) in [6.07, 6.45) is 3.75. The van der Waals surface area contributed by atoms with Gasteiger partial charge < -0.3 is 9.47 Å². The number of hydrogen-bond acceptors (Lipinski definition) is 5. The molecule has 2 aromatic rings. The van der Waals surface area contributed by atoms with Crippen LogP contribution in [0.2, 0.25) is 0 Å². The summed E-state index contributed by atoms with van der Waals surface area (Å²) in [4.78, 5) is 2.50. The van der Waals surface area contributed by atoms with Crippen molar-refractivity contribution in [2.45, 2.75) is 37.2 Å². The minimum absolute atomic E-state index is 0.0721. The quantitative estimate of drug-likeness (QED) is 0.732. The average Bonchev–Trinajstić information content (AvgIpc) is 2.73. The molecule has 0 aromatic heterocycles. The lowest BCUT2D eigenvalue weighted by Gasteiger charge is -2.27. The summed E-state index contributed by atoms with van der Waals surface area (Å²) in [5, 5.41) is 0. The van der Waals surface area contributed by atoms with Crippen molar-refractivity contribution in [2.24, 2.45) is 0 Å². The number of ether oxygens (including phenoxy) is 2. The molecule has 1 heterocycles. The molecular formula is C21H28N2O4S. The van der Waals surface area contributed by atoms with Gasteiger partial charge in [-0.1, -0.05) is 30.7 Å². The number of likely N-dealkylation sites (tertiary alicyclic amines) is 1. The maximum atomic E-state index is 12.9. The zero-order valence-electron chi connectivity index (χ0n) is 16.5. The minimum Gasteiger partial charge on any atom is -0.497 e. The SMILES string of the molecule is COc1ccc(OC)c(S(=O)(=O)NCc2ccccc2CN2CCCCC2)c1. The lowest BCUT2D eigenvalue weighted by Crippen LogP contribution is -2.30. The van der Waals surface area contributed by atoms with E-state index in [1.165, 1.54) is 39.5 Å². The van der Waals surface area contributed by atoms with E-state index < -0.39 is 10.0 Å². The Morgan fingerprint density at radius 3 is 2.36 bits per heavy atom. The molecule has 1 N–H and O–H groups in total. The Labute approximate surface area is 167 Å². The van der Waals surface area contributed by atoms with E-state index in [-0.39, 0.29) is 17.2 Å². The van der Waals surface area contributed by atoms with Gasteiger partial charge in [0.1, 0.15) is 16.4 Å². The number of nitrogens with zero attached hydrogens (tertiary/aromatic N) is 1. The largest absolute Gasteiger partial charge is 0.497 e. The van der Waals surface area contributed by atoms with E-state index >= 15 is 0 Å². The molecule has 152 valence electrons. The van der Waals surface area contributed by atoms with E-state index in [1.807, 2.05) is 18.2 Å². The highest BCUT2D eigenvalue weighted by molar-refractivity contribution is 7.89. The molecule has 1 aliphatic heterocycles. The molecule has 7 heteroatoms. The monoisotopic (exact) mass is 404 g/mol. The predicted octanol–water partition coefficient (Wildman–Crippen LogP) is 3.17. The molecule has 6 nitrogen and oxygen atoms in total. The van der Waals surface area contributed by atoms with Crippen LogP contribution in [-0.4, -0.2) is 40.6 Å². The summed E-state index contributed by atoms with van der Waals surface area (Å²) in [5.74, 6) is 0.751. The Morgan fingerprint density at radius 2 is 1.68 bits per heavy atom. The number of rotatable bonds is 8. The van der Waals surface area contributed by atoms with Crippen LogP contribution >= 0.6 is 0 Å². The van der Waals surface area contributed by atoms with Crippen LogP contribution in [0.3, 0.4) is 0 Å². The average molecular weight is 405 g/mol. The Kier molecular flexibility index (Phi) is 6.93. The Hall–Kier alpha value is -2.09. The molecule has 0 amide bonds. The number of benzene rings is 2. The van der Waals surface area contributed by atoms with Crippen LogP contribution in [0.5, 0.6) is 11.5 Å². The van der Waals surface area contributed by atoms with Gasteiger partial charge in [-0.05, 0) is 49.2 Å². The van der Waals surface area contributed by atoms with Gasteiger partial charge in [0.05, 0.1) is 14.2 Å². The second kappa shape index (κ2) is 9.41. The van der Waals surface area contributed by atoms with Gasteiger partial charge in [0, 0.05) is 19.2 Å². The molecule has 0 bridgehead atoms. The van der Waals surface area contributed by atoms with Crippen LogP contribution < -0.4 is 14.2 Å². The fourth-order valence-electron chi connectivity index (χ4n) is 3.49. The standard InChI is InChI=1S/C21H28N2O4S/c1-26-19-10-11-20(27-2)21(14-19)28(24,25)22-15-17-8-4-5-9-18(17)16-23-12-6-3-7-13-23/h4-5,8-11,14,22H,3,6-7,12-13,15-16H2,1-2H3. The first kappa shape index (κ1) is 20.6. The summed E-state index contributed by atoms with van der Waals surface area (Å²) in [6, 6.07) is 12.7. The number of methoxy groups -OCH3 is 2. The van der Waals surface area contributed by atoms with Crippen molar-refractivity contribution in [2.75, 3.05) is 27.3 Å². The second-order valence-corrected chi connectivity index (χ2v) is 8.68. The predicted molar refractivity (Wildman–Crippen MR) is 109 cm³/mol.